The summed E-state index contributed by atoms with van der Waals surface area (Å²) in [6.45, 7) is 1.13. The first kappa shape index (κ1) is 9.04. The minimum absolute atomic E-state index is 0.407. The highest BCUT2D eigenvalue weighted by atomic mass is 19.1. The fourth-order valence-electron chi connectivity index (χ4n) is 2.55. The molecule has 15 heavy (non-hydrogen) atoms. The van der Waals surface area contributed by atoms with Crippen molar-refractivity contribution in [3.8, 4) is 0 Å². The number of rotatable bonds is 1. The zero-order chi connectivity index (χ0) is 10.3. The molecule has 1 N–H and O–H groups in total. The Bertz CT molecular complexity index is 397. The number of aromatic nitrogens is 1. The average molecular weight is 204 g/mol. The summed E-state index contributed by atoms with van der Waals surface area (Å²) in [6.07, 6.45) is 6.22. The third kappa shape index (κ3) is 1.57. The Morgan fingerprint density at radius 3 is 3.07 bits per heavy atom. The maximum absolute atomic E-state index is 12.7. The molecule has 0 saturated carbocycles. The van der Waals surface area contributed by atoms with Crippen molar-refractivity contribution in [2.24, 2.45) is 5.92 Å². The fourth-order valence-corrected chi connectivity index (χ4v) is 2.55. The molecule has 3 heteroatoms. The molecular formula is C12H13FN2. The molecule has 1 fully saturated rings. The lowest BCUT2D eigenvalue weighted by atomic mass is 10.1. The number of halogens is 1. The number of pyridine rings is 1. The lowest BCUT2D eigenvalue weighted by molar-refractivity contribution is 0.562. The Labute approximate surface area is 88.2 Å². The molecule has 2 heterocycles. The minimum Gasteiger partial charge on any atom is -0.313 e. The highest BCUT2D eigenvalue weighted by Crippen LogP contribution is 2.35. The van der Waals surface area contributed by atoms with E-state index in [9.17, 15) is 4.39 Å². The summed E-state index contributed by atoms with van der Waals surface area (Å²) in [7, 11) is 0. The van der Waals surface area contributed by atoms with E-state index in [0.29, 0.717) is 12.0 Å². The summed E-state index contributed by atoms with van der Waals surface area (Å²) in [5, 5.41) is 3.48. The summed E-state index contributed by atoms with van der Waals surface area (Å²) in [5.41, 5.74) is 2.37. The van der Waals surface area contributed by atoms with Crippen LogP contribution in [0.2, 0.25) is 0 Å². The van der Waals surface area contributed by atoms with Crippen molar-refractivity contribution in [2.45, 2.75) is 18.9 Å². The summed E-state index contributed by atoms with van der Waals surface area (Å²) >= 11 is 0. The minimum atomic E-state index is -0.407. The molecule has 0 aromatic carbocycles. The van der Waals surface area contributed by atoms with Crippen LogP contribution in [0.25, 0.3) is 5.57 Å². The van der Waals surface area contributed by atoms with E-state index in [2.05, 4.69) is 16.4 Å². The fraction of sp³-hybridized carbons (Fsp3) is 0.417. The predicted molar refractivity (Wildman–Crippen MR) is 56.7 cm³/mol. The van der Waals surface area contributed by atoms with Crippen LogP contribution in [0.1, 0.15) is 18.4 Å². The summed E-state index contributed by atoms with van der Waals surface area (Å²) in [6, 6.07) is 3.84. The van der Waals surface area contributed by atoms with Crippen molar-refractivity contribution in [3.63, 3.8) is 0 Å². The van der Waals surface area contributed by atoms with Crippen LogP contribution in [-0.4, -0.2) is 17.6 Å². The largest absolute Gasteiger partial charge is 0.313 e. The topological polar surface area (TPSA) is 24.9 Å². The van der Waals surface area contributed by atoms with Crippen LogP contribution in [0.3, 0.4) is 0 Å². The van der Waals surface area contributed by atoms with Crippen LogP contribution in [0.5, 0.6) is 0 Å². The molecule has 1 aliphatic heterocycles. The van der Waals surface area contributed by atoms with Gasteiger partial charge in [-0.3, -0.25) is 0 Å². The molecular weight excluding hydrogens is 191 g/mol. The van der Waals surface area contributed by atoms with Crippen LogP contribution in [-0.2, 0) is 0 Å². The standard InChI is InChI=1S/C12H13FN2/c13-12-2-1-9(7-15-12)10-5-8-3-4-14-11(8)6-10/h1-2,5,7-8,11,14H,3-4,6H2. The van der Waals surface area contributed by atoms with E-state index in [1.54, 1.807) is 6.20 Å². The zero-order valence-corrected chi connectivity index (χ0v) is 8.41. The van der Waals surface area contributed by atoms with Gasteiger partial charge in [0, 0.05) is 12.2 Å². The summed E-state index contributed by atoms with van der Waals surface area (Å²) < 4.78 is 12.7. The number of nitrogens with one attached hydrogen (secondary N) is 1. The van der Waals surface area contributed by atoms with Gasteiger partial charge in [0.05, 0.1) is 0 Å². The van der Waals surface area contributed by atoms with Gasteiger partial charge >= 0.3 is 0 Å². The van der Waals surface area contributed by atoms with Gasteiger partial charge in [-0.15, -0.1) is 0 Å². The molecule has 0 bridgehead atoms. The Morgan fingerprint density at radius 2 is 2.33 bits per heavy atom. The van der Waals surface area contributed by atoms with Gasteiger partial charge in [0.25, 0.3) is 0 Å². The summed E-state index contributed by atoms with van der Waals surface area (Å²) in [5.74, 6) is 0.265. The van der Waals surface area contributed by atoms with Gasteiger partial charge < -0.3 is 5.32 Å². The second-order valence-corrected chi connectivity index (χ2v) is 4.28. The highest BCUT2D eigenvalue weighted by Gasteiger charge is 2.31. The first-order valence-electron chi connectivity index (χ1n) is 5.39. The number of hydrogen-bond donors (Lipinski definition) is 1. The molecule has 1 saturated heterocycles. The number of hydrogen-bond acceptors (Lipinski definition) is 2. The smallest absolute Gasteiger partial charge is 0.212 e. The average Bonchev–Trinajstić information content (AvgIpc) is 2.78. The van der Waals surface area contributed by atoms with E-state index < -0.39 is 5.95 Å². The SMILES string of the molecule is Fc1ccc(C2=CC3CCNC3C2)cn1. The Balaban J connectivity index is 1.87. The second-order valence-electron chi connectivity index (χ2n) is 4.28. The molecule has 0 spiro atoms. The molecule has 78 valence electrons. The highest BCUT2D eigenvalue weighted by molar-refractivity contribution is 5.68. The monoisotopic (exact) mass is 204 g/mol. The maximum atomic E-state index is 12.7. The van der Waals surface area contributed by atoms with E-state index in [1.165, 1.54) is 18.1 Å². The predicted octanol–water partition coefficient (Wildman–Crippen LogP) is 1.99. The van der Waals surface area contributed by atoms with Gasteiger partial charge in [0.15, 0.2) is 0 Å². The molecule has 0 radical (unpaired) electrons. The zero-order valence-electron chi connectivity index (χ0n) is 8.41. The quantitative estimate of drug-likeness (QED) is 0.707. The van der Waals surface area contributed by atoms with Crippen molar-refractivity contribution in [1.29, 1.82) is 0 Å². The molecule has 1 aromatic heterocycles. The van der Waals surface area contributed by atoms with Gasteiger partial charge in [-0.25, -0.2) is 4.98 Å². The normalized spacial score (nSPS) is 29.0. The van der Waals surface area contributed by atoms with E-state index in [0.717, 1.165) is 18.5 Å². The van der Waals surface area contributed by atoms with Gasteiger partial charge in [0.2, 0.25) is 5.95 Å². The van der Waals surface area contributed by atoms with Crippen LogP contribution in [0.4, 0.5) is 4.39 Å². The number of fused-ring (bicyclic) bond motifs is 1. The lowest BCUT2D eigenvalue weighted by Gasteiger charge is -2.08. The van der Waals surface area contributed by atoms with E-state index >= 15 is 0 Å². The molecule has 2 aliphatic rings. The third-order valence-corrected chi connectivity index (χ3v) is 3.35. The van der Waals surface area contributed by atoms with E-state index in [4.69, 9.17) is 0 Å². The van der Waals surface area contributed by atoms with E-state index in [1.807, 2.05) is 6.07 Å². The molecule has 1 aromatic rings. The first-order valence-corrected chi connectivity index (χ1v) is 5.39. The van der Waals surface area contributed by atoms with E-state index in [-0.39, 0.29) is 0 Å². The molecule has 1 aliphatic carbocycles. The molecule has 2 unspecified atom stereocenters. The third-order valence-electron chi connectivity index (χ3n) is 3.35. The molecule has 2 nitrogen and oxygen atoms in total. The van der Waals surface area contributed by atoms with Crippen molar-refractivity contribution in [2.75, 3.05) is 6.54 Å². The maximum Gasteiger partial charge on any atom is 0.212 e. The van der Waals surface area contributed by atoms with Crippen molar-refractivity contribution in [3.05, 3.63) is 35.9 Å². The second kappa shape index (κ2) is 3.42. The molecule has 3 rings (SSSR count). The number of nitrogens with zero attached hydrogens (tertiary/aromatic N) is 1. The van der Waals surface area contributed by atoms with Crippen LogP contribution >= 0.6 is 0 Å². The Kier molecular flexibility index (Phi) is 2.06. The lowest BCUT2D eigenvalue weighted by Crippen LogP contribution is -2.22. The van der Waals surface area contributed by atoms with Crippen molar-refractivity contribution >= 4 is 5.57 Å². The van der Waals surface area contributed by atoms with Gasteiger partial charge in [0.1, 0.15) is 0 Å². The molecule has 2 atom stereocenters. The van der Waals surface area contributed by atoms with Gasteiger partial charge in [-0.2, -0.15) is 4.39 Å². The first-order chi connectivity index (χ1) is 7.33. The Hall–Kier alpha value is -1.22. The molecule has 0 amide bonds. The summed E-state index contributed by atoms with van der Waals surface area (Å²) in [4.78, 5) is 3.69. The Morgan fingerprint density at radius 1 is 1.40 bits per heavy atom. The van der Waals surface area contributed by atoms with Gasteiger partial charge in [-0.05, 0) is 48.6 Å². The van der Waals surface area contributed by atoms with Crippen LogP contribution in [0.15, 0.2) is 24.4 Å². The van der Waals surface area contributed by atoms with Crippen molar-refractivity contribution in [1.82, 2.24) is 10.3 Å². The van der Waals surface area contributed by atoms with Gasteiger partial charge in [-0.1, -0.05) is 6.08 Å². The van der Waals surface area contributed by atoms with Crippen LogP contribution in [0, 0.1) is 11.9 Å². The van der Waals surface area contributed by atoms with Crippen molar-refractivity contribution < 1.29 is 4.39 Å². The van der Waals surface area contributed by atoms with Crippen LogP contribution < -0.4 is 5.32 Å².